The molecule has 5 nitrogen and oxygen atoms in total. The zero-order valence-corrected chi connectivity index (χ0v) is 9.10. The third-order valence-corrected chi connectivity index (χ3v) is 3.16. The van der Waals surface area contributed by atoms with Gasteiger partial charge in [0.15, 0.2) is 0 Å². The molecule has 0 aromatic carbocycles. The highest BCUT2D eigenvalue weighted by Crippen LogP contribution is 2.51. The zero-order valence-electron chi connectivity index (χ0n) is 9.10. The Bertz CT molecular complexity index is 325. The molecule has 2 rings (SSSR count). The van der Waals surface area contributed by atoms with Crippen LogP contribution in [0.15, 0.2) is 0 Å². The highest BCUT2D eigenvalue weighted by Gasteiger charge is 2.57. The van der Waals surface area contributed by atoms with Gasteiger partial charge in [0.05, 0.1) is 26.2 Å². The predicted molar refractivity (Wildman–Crippen MR) is 52.6 cm³/mol. The van der Waals surface area contributed by atoms with Crippen LogP contribution in [-0.2, 0) is 23.9 Å². The number of hydrogen-bond donors (Lipinski definition) is 0. The van der Waals surface area contributed by atoms with Gasteiger partial charge < -0.3 is 9.47 Å². The molecule has 2 fully saturated rings. The lowest BCUT2D eigenvalue weighted by atomic mass is 10.1. The van der Waals surface area contributed by atoms with Crippen molar-refractivity contribution in [2.75, 3.05) is 19.8 Å². The molecule has 1 saturated heterocycles. The minimum absolute atomic E-state index is 0.0628. The molecule has 0 aromatic heterocycles. The van der Waals surface area contributed by atoms with Crippen LogP contribution in [0.1, 0.15) is 13.3 Å². The van der Waals surface area contributed by atoms with Gasteiger partial charge in [-0.05, 0) is 18.8 Å². The summed E-state index contributed by atoms with van der Waals surface area (Å²) in [4.78, 5) is 33.9. The monoisotopic (exact) mass is 226 g/mol. The van der Waals surface area contributed by atoms with Gasteiger partial charge in [0.1, 0.15) is 5.78 Å². The van der Waals surface area contributed by atoms with Crippen molar-refractivity contribution in [3.63, 3.8) is 0 Å². The van der Waals surface area contributed by atoms with Gasteiger partial charge in [0.25, 0.3) is 0 Å². The van der Waals surface area contributed by atoms with Crippen molar-refractivity contribution < 1.29 is 23.9 Å². The molecule has 1 heterocycles. The number of esters is 1. The highest BCUT2D eigenvalue weighted by atomic mass is 16.5. The molecule has 2 unspecified atom stereocenters. The van der Waals surface area contributed by atoms with E-state index in [1.165, 1.54) is 0 Å². The van der Waals surface area contributed by atoms with Crippen molar-refractivity contribution in [2.45, 2.75) is 13.3 Å². The lowest BCUT2D eigenvalue weighted by Gasteiger charge is -2.03. The quantitative estimate of drug-likeness (QED) is 0.374. The van der Waals surface area contributed by atoms with Crippen molar-refractivity contribution in [3.8, 4) is 0 Å². The van der Waals surface area contributed by atoms with Crippen LogP contribution >= 0.6 is 0 Å². The smallest absolute Gasteiger partial charge is 0.375 e. The minimum atomic E-state index is -0.905. The van der Waals surface area contributed by atoms with E-state index in [0.29, 0.717) is 13.2 Å². The SMILES string of the molecule is CCOC(=O)C(=O)CC(=O)C1C2COCC21. The Labute approximate surface area is 93.1 Å². The van der Waals surface area contributed by atoms with Crippen molar-refractivity contribution in [1.82, 2.24) is 0 Å². The molecule has 0 aromatic rings. The van der Waals surface area contributed by atoms with Crippen molar-refractivity contribution in [1.29, 1.82) is 0 Å². The van der Waals surface area contributed by atoms with E-state index in [9.17, 15) is 14.4 Å². The molecule has 16 heavy (non-hydrogen) atoms. The third-order valence-electron chi connectivity index (χ3n) is 3.16. The Balaban J connectivity index is 1.80. The van der Waals surface area contributed by atoms with E-state index < -0.39 is 11.8 Å². The second-order valence-electron chi connectivity index (χ2n) is 4.18. The lowest BCUT2D eigenvalue weighted by Crippen LogP contribution is -2.22. The molecule has 2 atom stereocenters. The normalized spacial score (nSPS) is 30.7. The summed E-state index contributed by atoms with van der Waals surface area (Å²) in [5.74, 6) is -1.29. The number of Topliss-reactive ketones (excluding diaryl/α,β-unsaturated/α-hetero) is 2. The standard InChI is InChI=1S/C11H14O5/c1-2-16-11(14)9(13)3-8(12)10-6-4-15-5-7(6)10/h6-7,10H,2-5H2,1H3. The number of carbonyl (C=O) groups is 3. The summed E-state index contributed by atoms with van der Waals surface area (Å²) < 4.78 is 9.68. The summed E-state index contributed by atoms with van der Waals surface area (Å²) in [6.45, 7) is 2.99. The van der Waals surface area contributed by atoms with E-state index >= 15 is 0 Å². The molecule has 0 radical (unpaired) electrons. The van der Waals surface area contributed by atoms with Crippen molar-refractivity contribution in [2.24, 2.45) is 17.8 Å². The van der Waals surface area contributed by atoms with Crippen LogP contribution in [0.4, 0.5) is 0 Å². The highest BCUT2D eigenvalue weighted by molar-refractivity contribution is 6.37. The van der Waals surface area contributed by atoms with Gasteiger partial charge in [-0.2, -0.15) is 0 Å². The van der Waals surface area contributed by atoms with Crippen LogP contribution in [0.2, 0.25) is 0 Å². The fraction of sp³-hybridized carbons (Fsp3) is 0.727. The maximum atomic E-state index is 11.7. The molecule has 0 spiro atoms. The van der Waals surface area contributed by atoms with Crippen LogP contribution < -0.4 is 0 Å². The number of rotatable bonds is 5. The predicted octanol–water partition coefficient (Wildman–Crippen LogP) is -0.0298. The van der Waals surface area contributed by atoms with E-state index in [-0.39, 0.29) is 36.6 Å². The second kappa shape index (κ2) is 4.33. The van der Waals surface area contributed by atoms with Gasteiger partial charge >= 0.3 is 5.97 Å². The zero-order chi connectivity index (χ0) is 11.7. The first-order valence-electron chi connectivity index (χ1n) is 5.45. The van der Waals surface area contributed by atoms with Gasteiger partial charge in [0, 0.05) is 5.92 Å². The first-order valence-corrected chi connectivity index (χ1v) is 5.45. The molecule has 0 amide bonds. The Hall–Kier alpha value is -1.23. The molecular formula is C11H14O5. The van der Waals surface area contributed by atoms with E-state index in [1.807, 2.05) is 0 Å². The van der Waals surface area contributed by atoms with Gasteiger partial charge in [0.2, 0.25) is 5.78 Å². The molecule has 5 heteroatoms. The molecule has 1 saturated carbocycles. The molecule has 0 bridgehead atoms. The molecule has 0 N–H and O–H groups in total. The molecule has 1 aliphatic heterocycles. The summed E-state index contributed by atoms with van der Waals surface area (Å²) in [5.41, 5.74) is 0. The Kier molecular flexibility index (Phi) is 3.05. The number of fused-ring (bicyclic) bond motifs is 1. The van der Waals surface area contributed by atoms with E-state index in [1.54, 1.807) is 6.92 Å². The lowest BCUT2D eigenvalue weighted by molar-refractivity contribution is -0.154. The van der Waals surface area contributed by atoms with Gasteiger partial charge in [-0.15, -0.1) is 0 Å². The maximum Gasteiger partial charge on any atom is 0.375 e. The largest absolute Gasteiger partial charge is 0.460 e. The summed E-state index contributed by atoms with van der Waals surface area (Å²) in [7, 11) is 0. The fourth-order valence-corrected chi connectivity index (χ4v) is 2.28. The van der Waals surface area contributed by atoms with Gasteiger partial charge in [-0.1, -0.05) is 0 Å². The van der Waals surface area contributed by atoms with Crippen LogP contribution in [0.5, 0.6) is 0 Å². The van der Waals surface area contributed by atoms with Crippen LogP contribution in [-0.4, -0.2) is 37.4 Å². The van der Waals surface area contributed by atoms with Gasteiger partial charge in [-0.3, -0.25) is 9.59 Å². The molecule has 1 aliphatic carbocycles. The van der Waals surface area contributed by atoms with Crippen LogP contribution in [0.25, 0.3) is 0 Å². The Morgan fingerprint density at radius 3 is 2.44 bits per heavy atom. The molecular weight excluding hydrogens is 212 g/mol. The van der Waals surface area contributed by atoms with Crippen LogP contribution in [0, 0.1) is 17.8 Å². The Morgan fingerprint density at radius 1 is 1.25 bits per heavy atom. The van der Waals surface area contributed by atoms with Crippen molar-refractivity contribution >= 4 is 17.5 Å². The average Bonchev–Trinajstić information content (AvgIpc) is 2.73. The van der Waals surface area contributed by atoms with Crippen LogP contribution in [0.3, 0.4) is 0 Å². The third kappa shape index (κ3) is 2.00. The summed E-state index contributed by atoms with van der Waals surface area (Å²) in [5, 5.41) is 0. The molecule has 2 aliphatic rings. The van der Waals surface area contributed by atoms with Crippen molar-refractivity contribution in [3.05, 3.63) is 0 Å². The second-order valence-corrected chi connectivity index (χ2v) is 4.18. The Morgan fingerprint density at radius 2 is 1.88 bits per heavy atom. The maximum absolute atomic E-state index is 11.7. The summed E-state index contributed by atoms with van der Waals surface area (Å²) >= 11 is 0. The average molecular weight is 226 g/mol. The summed E-state index contributed by atoms with van der Waals surface area (Å²) in [6, 6.07) is 0. The topological polar surface area (TPSA) is 69.7 Å². The minimum Gasteiger partial charge on any atom is -0.460 e. The summed E-state index contributed by atoms with van der Waals surface area (Å²) in [6.07, 6.45) is -0.323. The van der Waals surface area contributed by atoms with E-state index in [0.717, 1.165) is 0 Å². The molecule has 88 valence electrons. The first-order chi connectivity index (χ1) is 7.65. The van der Waals surface area contributed by atoms with Gasteiger partial charge in [-0.25, -0.2) is 4.79 Å². The first kappa shape index (κ1) is 11.3. The van der Waals surface area contributed by atoms with E-state index in [4.69, 9.17) is 4.74 Å². The van der Waals surface area contributed by atoms with E-state index in [2.05, 4.69) is 4.74 Å². The fourth-order valence-electron chi connectivity index (χ4n) is 2.28. The number of carbonyl (C=O) groups excluding carboxylic acids is 3. The number of hydrogen-bond acceptors (Lipinski definition) is 5. The number of ether oxygens (including phenoxy) is 2. The number of ketones is 2.